The summed E-state index contributed by atoms with van der Waals surface area (Å²) in [4.78, 5) is 9.26. The quantitative estimate of drug-likeness (QED) is 0.663. The highest BCUT2D eigenvalue weighted by Crippen LogP contribution is 2.29. The van der Waals surface area contributed by atoms with E-state index in [0.717, 1.165) is 28.0 Å². The van der Waals surface area contributed by atoms with Gasteiger partial charge in [-0.2, -0.15) is 4.98 Å². The maximum absolute atomic E-state index is 9.74. The molecule has 2 aromatic carbocycles. The van der Waals surface area contributed by atoms with Crippen molar-refractivity contribution in [2.75, 3.05) is 10.6 Å². The van der Waals surface area contributed by atoms with Crippen LogP contribution in [0.25, 0.3) is 10.9 Å². The number of nitrogens with one attached hydrogen (secondary N) is 2. The Balaban J connectivity index is 1.69. The van der Waals surface area contributed by atoms with Crippen molar-refractivity contribution in [2.45, 2.75) is 31.9 Å². The average Bonchev–Trinajstić information content (AvgIpc) is 3.39. The van der Waals surface area contributed by atoms with E-state index in [2.05, 4.69) is 20.6 Å². The van der Waals surface area contributed by atoms with E-state index in [1.165, 1.54) is 12.8 Å². The molecule has 1 heterocycles. The van der Waals surface area contributed by atoms with Crippen molar-refractivity contribution in [3.8, 4) is 0 Å². The molecule has 3 aromatic rings. The number of anilines is 3. The summed E-state index contributed by atoms with van der Waals surface area (Å²) in [7, 11) is 0. The maximum Gasteiger partial charge on any atom is 0.229 e. The van der Waals surface area contributed by atoms with E-state index in [1.54, 1.807) is 6.92 Å². The lowest BCUT2D eigenvalue weighted by Gasteiger charge is -2.12. The van der Waals surface area contributed by atoms with Crippen LogP contribution in [-0.4, -0.2) is 21.1 Å². The first kappa shape index (κ1) is 14.9. The molecule has 0 amide bonds. The predicted molar refractivity (Wildman–Crippen MR) is 96.5 cm³/mol. The first-order valence-electron chi connectivity index (χ1n) is 8.27. The summed E-state index contributed by atoms with van der Waals surface area (Å²) in [6, 6.07) is 16.2. The molecule has 1 aliphatic carbocycles. The van der Waals surface area contributed by atoms with Crippen molar-refractivity contribution in [1.82, 2.24) is 9.97 Å². The van der Waals surface area contributed by atoms with Gasteiger partial charge >= 0.3 is 0 Å². The zero-order chi connectivity index (χ0) is 16.5. The van der Waals surface area contributed by atoms with Crippen LogP contribution in [0.5, 0.6) is 0 Å². The summed E-state index contributed by atoms with van der Waals surface area (Å²) >= 11 is 0. The van der Waals surface area contributed by atoms with Crippen LogP contribution in [0.3, 0.4) is 0 Å². The number of aromatic nitrogens is 2. The number of aliphatic hydroxyl groups excluding tert-OH is 1. The van der Waals surface area contributed by atoms with Gasteiger partial charge < -0.3 is 15.7 Å². The molecule has 1 aliphatic rings. The topological polar surface area (TPSA) is 70.1 Å². The van der Waals surface area contributed by atoms with Crippen LogP contribution in [0.4, 0.5) is 17.5 Å². The molecule has 24 heavy (non-hydrogen) atoms. The van der Waals surface area contributed by atoms with E-state index in [0.29, 0.717) is 12.0 Å². The summed E-state index contributed by atoms with van der Waals surface area (Å²) in [5, 5.41) is 17.5. The fourth-order valence-electron chi connectivity index (χ4n) is 2.67. The molecule has 5 nitrogen and oxygen atoms in total. The van der Waals surface area contributed by atoms with Crippen LogP contribution in [0.15, 0.2) is 48.5 Å². The molecule has 1 aromatic heterocycles. The van der Waals surface area contributed by atoms with Gasteiger partial charge in [0.05, 0.1) is 11.6 Å². The minimum Gasteiger partial charge on any atom is -0.389 e. The first-order chi connectivity index (χ1) is 11.7. The minimum absolute atomic E-state index is 0.503. The second kappa shape index (κ2) is 6.09. The Morgan fingerprint density at radius 1 is 1.08 bits per heavy atom. The highest BCUT2D eigenvalue weighted by molar-refractivity contribution is 5.90. The third-order valence-electron chi connectivity index (χ3n) is 4.15. The molecule has 4 rings (SSSR count). The lowest BCUT2D eigenvalue weighted by molar-refractivity contribution is 0.199. The second-order valence-electron chi connectivity index (χ2n) is 6.26. The molecular formula is C19H20N4O. The Labute approximate surface area is 140 Å². The van der Waals surface area contributed by atoms with Gasteiger partial charge in [-0.05, 0) is 49.6 Å². The lowest BCUT2D eigenvalue weighted by atomic mass is 10.1. The Hall–Kier alpha value is -2.66. The number of hydrogen-bond donors (Lipinski definition) is 3. The van der Waals surface area contributed by atoms with Crippen molar-refractivity contribution in [1.29, 1.82) is 0 Å². The molecule has 0 aliphatic heterocycles. The van der Waals surface area contributed by atoms with Gasteiger partial charge in [0, 0.05) is 17.1 Å². The zero-order valence-electron chi connectivity index (χ0n) is 13.5. The molecule has 1 atom stereocenters. The van der Waals surface area contributed by atoms with Gasteiger partial charge in [0.25, 0.3) is 0 Å². The molecule has 1 saturated carbocycles. The Bertz CT molecular complexity index is 874. The van der Waals surface area contributed by atoms with Crippen LogP contribution in [0, 0.1) is 0 Å². The fourth-order valence-corrected chi connectivity index (χ4v) is 2.67. The summed E-state index contributed by atoms with van der Waals surface area (Å²) in [6.45, 7) is 1.75. The number of fused-ring (bicyclic) bond motifs is 1. The average molecular weight is 320 g/mol. The van der Waals surface area contributed by atoms with E-state index in [1.807, 2.05) is 48.5 Å². The lowest BCUT2D eigenvalue weighted by Crippen LogP contribution is -2.07. The maximum atomic E-state index is 9.74. The number of para-hydroxylation sites is 1. The van der Waals surface area contributed by atoms with Crippen LogP contribution >= 0.6 is 0 Å². The van der Waals surface area contributed by atoms with E-state index < -0.39 is 6.10 Å². The van der Waals surface area contributed by atoms with Crippen molar-refractivity contribution in [3.63, 3.8) is 0 Å². The first-order valence-corrected chi connectivity index (χ1v) is 8.27. The van der Waals surface area contributed by atoms with E-state index in [9.17, 15) is 5.11 Å². The van der Waals surface area contributed by atoms with Gasteiger partial charge in [0.15, 0.2) is 0 Å². The zero-order valence-corrected chi connectivity index (χ0v) is 13.5. The van der Waals surface area contributed by atoms with Gasteiger partial charge in [-0.1, -0.05) is 24.3 Å². The number of hydrogen-bond acceptors (Lipinski definition) is 5. The molecular weight excluding hydrogens is 300 g/mol. The van der Waals surface area contributed by atoms with Crippen molar-refractivity contribution >= 4 is 28.4 Å². The van der Waals surface area contributed by atoms with Gasteiger partial charge in [-0.15, -0.1) is 0 Å². The molecule has 0 radical (unpaired) electrons. The summed E-state index contributed by atoms with van der Waals surface area (Å²) < 4.78 is 0. The van der Waals surface area contributed by atoms with E-state index in [4.69, 9.17) is 0 Å². The van der Waals surface area contributed by atoms with Crippen molar-refractivity contribution < 1.29 is 5.11 Å². The SMILES string of the molecule is C[C@H](O)c1cccc(Nc2nc(NC3CC3)c3ccccc3n2)c1. The van der Waals surface area contributed by atoms with Crippen LogP contribution in [0.2, 0.25) is 0 Å². The third kappa shape index (κ3) is 3.16. The van der Waals surface area contributed by atoms with E-state index >= 15 is 0 Å². The number of nitrogens with zero attached hydrogens (tertiary/aromatic N) is 2. The van der Waals surface area contributed by atoms with Gasteiger partial charge in [-0.25, -0.2) is 4.98 Å². The molecule has 0 unspecified atom stereocenters. The largest absolute Gasteiger partial charge is 0.389 e. The second-order valence-corrected chi connectivity index (χ2v) is 6.26. The molecule has 122 valence electrons. The summed E-state index contributed by atoms with van der Waals surface area (Å²) in [6.07, 6.45) is 1.88. The highest BCUT2D eigenvalue weighted by atomic mass is 16.3. The molecule has 1 fully saturated rings. The van der Waals surface area contributed by atoms with Crippen molar-refractivity contribution in [2.24, 2.45) is 0 Å². The highest BCUT2D eigenvalue weighted by Gasteiger charge is 2.22. The van der Waals surface area contributed by atoms with Crippen LogP contribution in [-0.2, 0) is 0 Å². The Kier molecular flexibility index (Phi) is 3.78. The molecule has 3 N–H and O–H groups in total. The molecule has 0 spiro atoms. The Morgan fingerprint density at radius 3 is 2.71 bits per heavy atom. The fraction of sp³-hybridized carbons (Fsp3) is 0.263. The van der Waals surface area contributed by atoms with E-state index in [-0.39, 0.29) is 0 Å². The smallest absolute Gasteiger partial charge is 0.229 e. The molecule has 5 heteroatoms. The number of benzene rings is 2. The molecule has 0 saturated heterocycles. The minimum atomic E-state index is -0.503. The molecule has 0 bridgehead atoms. The van der Waals surface area contributed by atoms with Crippen molar-refractivity contribution in [3.05, 3.63) is 54.1 Å². The van der Waals surface area contributed by atoms with Crippen LogP contribution in [0.1, 0.15) is 31.4 Å². The van der Waals surface area contributed by atoms with Gasteiger partial charge in [-0.3, -0.25) is 0 Å². The summed E-state index contributed by atoms with van der Waals surface area (Å²) in [5.74, 6) is 1.43. The number of aliphatic hydroxyl groups is 1. The standard InChI is InChI=1S/C19H20N4O/c1-12(24)13-5-4-6-15(11-13)21-19-22-17-8-3-2-7-16(17)18(23-19)20-14-9-10-14/h2-8,11-12,14,24H,9-10H2,1H3,(H2,20,21,22,23)/t12-/m0/s1. The predicted octanol–water partition coefficient (Wildman–Crippen LogP) is 4.00. The monoisotopic (exact) mass is 320 g/mol. The summed E-state index contributed by atoms with van der Waals surface area (Å²) in [5.41, 5.74) is 2.63. The van der Waals surface area contributed by atoms with Crippen LogP contribution < -0.4 is 10.6 Å². The Morgan fingerprint density at radius 2 is 1.92 bits per heavy atom. The normalized spacial score (nSPS) is 15.2. The van der Waals surface area contributed by atoms with Gasteiger partial charge in [0.1, 0.15) is 5.82 Å². The third-order valence-corrected chi connectivity index (χ3v) is 4.15. The number of rotatable bonds is 5. The van der Waals surface area contributed by atoms with Gasteiger partial charge in [0.2, 0.25) is 5.95 Å².